The van der Waals surface area contributed by atoms with Gasteiger partial charge in [0.1, 0.15) is 5.82 Å². The molecule has 1 aliphatic rings. The van der Waals surface area contributed by atoms with E-state index in [-0.39, 0.29) is 29.8 Å². The van der Waals surface area contributed by atoms with E-state index in [4.69, 9.17) is 4.74 Å². The maximum atomic E-state index is 13.0. The third kappa shape index (κ3) is 5.07. The van der Waals surface area contributed by atoms with Crippen LogP contribution in [0, 0.1) is 5.82 Å². The summed E-state index contributed by atoms with van der Waals surface area (Å²) in [5, 5.41) is 2.97. The summed E-state index contributed by atoms with van der Waals surface area (Å²) in [4.78, 5) is 16.8. The minimum absolute atomic E-state index is 0.0823. The first-order valence-electron chi connectivity index (χ1n) is 8.21. The highest BCUT2D eigenvalue weighted by molar-refractivity contribution is 8.18. The van der Waals surface area contributed by atoms with Crippen LogP contribution in [0.3, 0.4) is 0 Å². The summed E-state index contributed by atoms with van der Waals surface area (Å²) in [6.07, 6.45) is 1.59. The number of benzene rings is 2. The number of ether oxygens (including phenoxy) is 2. The minimum Gasteiger partial charge on any atom is -0.490 e. The van der Waals surface area contributed by atoms with E-state index in [1.54, 1.807) is 13.0 Å². The third-order valence-corrected chi connectivity index (χ3v) is 4.40. The van der Waals surface area contributed by atoms with Gasteiger partial charge in [-0.2, -0.15) is 8.78 Å². The molecule has 2 aromatic carbocycles. The number of amides is 1. The molecule has 0 saturated carbocycles. The molecule has 1 N–H and O–H groups in total. The van der Waals surface area contributed by atoms with E-state index in [0.717, 1.165) is 11.8 Å². The fraction of sp³-hybridized carbons (Fsp3) is 0.158. The van der Waals surface area contributed by atoms with E-state index in [1.807, 2.05) is 0 Å². The Labute approximate surface area is 163 Å². The SMILES string of the molecule is CCOc1cc(/C=C2\SC(=Nc3ccc(F)cc3)NC2=O)ccc1OC(F)F. The zero-order valence-corrected chi connectivity index (χ0v) is 15.4. The second kappa shape index (κ2) is 8.83. The van der Waals surface area contributed by atoms with Gasteiger partial charge in [-0.1, -0.05) is 6.07 Å². The van der Waals surface area contributed by atoms with Crippen LogP contribution in [0.5, 0.6) is 11.5 Å². The van der Waals surface area contributed by atoms with Gasteiger partial charge in [-0.05, 0) is 66.7 Å². The lowest BCUT2D eigenvalue weighted by atomic mass is 10.2. The maximum Gasteiger partial charge on any atom is 0.387 e. The molecule has 3 rings (SSSR count). The number of rotatable bonds is 6. The molecule has 146 valence electrons. The Kier molecular flexibility index (Phi) is 6.25. The van der Waals surface area contributed by atoms with E-state index in [1.165, 1.54) is 42.5 Å². The molecule has 0 atom stereocenters. The van der Waals surface area contributed by atoms with Gasteiger partial charge in [0.25, 0.3) is 5.91 Å². The van der Waals surface area contributed by atoms with Crippen molar-refractivity contribution in [1.82, 2.24) is 5.32 Å². The first-order chi connectivity index (χ1) is 13.4. The van der Waals surface area contributed by atoms with Crippen LogP contribution in [0.4, 0.5) is 18.9 Å². The number of halogens is 3. The van der Waals surface area contributed by atoms with E-state index >= 15 is 0 Å². The average Bonchev–Trinajstić information content (AvgIpc) is 2.98. The fourth-order valence-corrected chi connectivity index (χ4v) is 3.18. The third-order valence-electron chi connectivity index (χ3n) is 3.49. The molecule has 5 nitrogen and oxygen atoms in total. The van der Waals surface area contributed by atoms with Crippen molar-refractivity contribution in [3.05, 3.63) is 58.8 Å². The first-order valence-corrected chi connectivity index (χ1v) is 9.03. The van der Waals surface area contributed by atoms with Crippen LogP contribution in [-0.4, -0.2) is 24.3 Å². The van der Waals surface area contributed by atoms with Crippen LogP contribution in [0.25, 0.3) is 6.08 Å². The highest BCUT2D eigenvalue weighted by atomic mass is 32.2. The highest BCUT2D eigenvalue weighted by Crippen LogP contribution is 2.33. The van der Waals surface area contributed by atoms with Gasteiger partial charge >= 0.3 is 6.61 Å². The van der Waals surface area contributed by atoms with Crippen LogP contribution in [0.15, 0.2) is 52.4 Å². The quantitative estimate of drug-likeness (QED) is 0.703. The van der Waals surface area contributed by atoms with E-state index in [9.17, 15) is 18.0 Å². The summed E-state index contributed by atoms with van der Waals surface area (Å²) in [7, 11) is 0. The molecule has 1 heterocycles. The number of amidine groups is 1. The smallest absolute Gasteiger partial charge is 0.387 e. The summed E-state index contributed by atoms with van der Waals surface area (Å²) < 4.78 is 47.7. The van der Waals surface area contributed by atoms with E-state index in [0.29, 0.717) is 21.3 Å². The van der Waals surface area contributed by atoms with Crippen molar-refractivity contribution in [3.63, 3.8) is 0 Å². The van der Waals surface area contributed by atoms with Gasteiger partial charge in [-0.25, -0.2) is 9.38 Å². The summed E-state index contributed by atoms with van der Waals surface area (Å²) >= 11 is 1.11. The van der Waals surface area contributed by atoms with Gasteiger partial charge in [0.2, 0.25) is 0 Å². The zero-order valence-electron chi connectivity index (χ0n) is 14.6. The van der Waals surface area contributed by atoms with Gasteiger partial charge < -0.3 is 14.8 Å². The molecular weight excluding hydrogens is 393 g/mol. The molecule has 1 amide bonds. The highest BCUT2D eigenvalue weighted by Gasteiger charge is 2.24. The molecule has 2 aromatic rings. The standard InChI is InChI=1S/C19H15F3N2O3S/c1-2-26-15-9-11(3-8-14(15)27-18(21)22)10-16-17(25)24-19(28-16)23-13-6-4-12(20)5-7-13/h3-10,18H,2H2,1H3,(H,23,24,25)/b16-10-. The van der Waals surface area contributed by atoms with Crippen molar-refractivity contribution in [2.45, 2.75) is 13.5 Å². The Morgan fingerprint density at radius 1 is 1.18 bits per heavy atom. The molecule has 9 heteroatoms. The number of thioether (sulfide) groups is 1. The number of carbonyl (C=O) groups is 1. The van der Waals surface area contributed by atoms with Gasteiger partial charge in [-0.15, -0.1) is 0 Å². The van der Waals surface area contributed by atoms with Crippen LogP contribution in [0.2, 0.25) is 0 Å². The Bertz CT molecular complexity index is 931. The Morgan fingerprint density at radius 2 is 1.93 bits per heavy atom. The lowest BCUT2D eigenvalue weighted by molar-refractivity contribution is -0.115. The van der Waals surface area contributed by atoms with Crippen molar-refractivity contribution < 1.29 is 27.4 Å². The molecule has 1 fully saturated rings. The average molecular weight is 408 g/mol. The summed E-state index contributed by atoms with van der Waals surface area (Å²) in [6, 6.07) is 9.94. The molecule has 1 saturated heterocycles. The summed E-state index contributed by atoms with van der Waals surface area (Å²) in [6.45, 7) is -0.983. The number of nitrogens with zero attached hydrogens (tertiary/aromatic N) is 1. The molecule has 0 radical (unpaired) electrons. The van der Waals surface area contributed by atoms with Crippen LogP contribution >= 0.6 is 11.8 Å². The predicted octanol–water partition coefficient (Wildman–Crippen LogP) is 4.72. The summed E-state index contributed by atoms with van der Waals surface area (Å²) in [5.41, 5.74) is 1.07. The van der Waals surface area contributed by atoms with Crippen molar-refractivity contribution in [2.75, 3.05) is 6.61 Å². The zero-order chi connectivity index (χ0) is 20.1. The fourth-order valence-electron chi connectivity index (χ4n) is 2.34. The van der Waals surface area contributed by atoms with Crippen LogP contribution in [0.1, 0.15) is 12.5 Å². The maximum absolute atomic E-state index is 13.0. The molecule has 0 unspecified atom stereocenters. The monoisotopic (exact) mass is 408 g/mol. The molecule has 0 spiro atoms. The van der Waals surface area contributed by atoms with Crippen LogP contribution < -0.4 is 14.8 Å². The van der Waals surface area contributed by atoms with Crippen molar-refractivity contribution in [1.29, 1.82) is 0 Å². The molecule has 28 heavy (non-hydrogen) atoms. The Balaban J connectivity index is 1.81. The number of nitrogens with one attached hydrogen (secondary N) is 1. The molecular formula is C19H15F3N2O3S. The lowest BCUT2D eigenvalue weighted by Gasteiger charge is -2.11. The molecule has 0 aliphatic carbocycles. The molecule has 0 bridgehead atoms. The second-order valence-corrected chi connectivity index (χ2v) is 6.51. The predicted molar refractivity (Wildman–Crippen MR) is 101 cm³/mol. The van der Waals surface area contributed by atoms with Gasteiger partial charge in [0, 0.05) is 0 Å². The van der Waals surface area contributed by atoms with Crippen LogP contribution in [-0.2, 0) is 4.79 Å². The van der Waals surface area contributed by atoms with E-state index < -0.39 is 6.61 Å². The van der Waals surface area contributed by atoms with Crippen molar-refractivity contribution >= 4 is 34.6 Å². The Hall–Kier alpha value is -2.94. The van der Waals surface area contributed by atoms with Crippen molar-refractivity contribution in [3.8, 4) is 11.5 Å². The lowest BCUT2D eigenvalue weighted by Crippen LogP contribution is -2.19. The topological polar surface area (TPSA) is 59.9 Å². The van der Waals surface area contributed by atoms with Gasteiger partial charge in [-0.3, -0.25) is 4.79 Å². The number of hydrogen-bond donors (Lipinski definition) is 1. The first kappa shape index (κ1) is 19.8. The molecule has 0 aromatic heterocycles. The van der Waals surface area contributed by atoms with Gasteiger partial charge in [0.05, 0.1) is 17.2 Å². The number of alkyl halides is 2. The Morgan fingerprint density at radius 3 is 2.61 bits per heavy atom. The number of aliphatic imine (C=N–C) groups is 1. The molecule has 1 aliphatic heterocycles. The summed E-state index contributed by atoms with van der Waals surface area (Å²) in [5.74, 6) is -0.657. The van der Waals surface area contributed by atoms with Crippen molar-refractivity contribution in [2.24, 2.45) is 4.99 Å². The number of carbonyl (C=O) groups excluding carboxylic acids is 1. The largest absolute Gasteiger partial charge is 0.490 e. The normalized spacial score (nSPS) is 16.7. The van der Waals surface area contributed by atoms with E-state index in [2.05, 4.69) is 15.0 Å². The van der Waals surface area contributed by atoms with Gasteiger partial charge in [0.15, 0.2) is 16.7 Å². The number of hydrogen-bond acceptors (Lipinski definition) is 5. The minimum atomic E-state index is -2.97. The second-order valence-electron chi connectivity index (χ2n) is 5.48.